The molecule has 0 fully saturated rings. The van der Waals surface area contributed by atoms with Gasteiger partial charge in [-0.15, -0.1) is 0 Å². The Hall–Kier alpha value is -0.760. The molecule has 0 radical (unpaired) electrons. The van der Waals surface area contributed by atoms with E-state index in [1.807, 2.05) is 0 Å². The molecular weight excluding hydrogens is 148 g/mol. The molecular formula is C10H16N2. The number of hydrogen-bond donors (Lipinski definition) is 2. The molecule has 1 aliphatic rings. The number of aryl methyl sites for hydroxylation is 1. The number of aromatic nitrogens is 1. The van der Waals surface area contributed by atoms with Crippen molar-refractivity contribution in [3.05, 3.63) is 23.0 Å². The van der Waals surface area contributed by atoms with E-state index < -0.39 is 0 Å². The first kappa shape index (κ1) is 7.87. The standard InChI is InChI=1S/C10H16N2/c1-2-9-7-8-3-5-11-6-4-10(8)12-9/h7,11-12H,2-6H2,1H3. The summed E-state index contributed by atoms with van der Waals surface area (Å²) in [5.41, 5.74) is 4.37. The van der Waals surface area contributed by atoms with Crippen LogP contribution >= 0.6 is 0 Å². The number of rotatable bonds is 1. The van der Waals surface area contributed by atoms with Crippen molar-refractivity contribution in [1.82, 2.24) is 10.3 Å². The third-order valence-corrected chi connectivity index (χ3v) is 2.55. The number of hydrogen-bond acceptors (Lipinski definition) is 1. The molecule has 2 nitrogen and oxygen atoms in total. The summed E-state index contributed by atoms with van der Waals surface area (Å²) in [5, 5.41) is 3.40. The van der Waals surface area contributed by atoms with Crippen LogP contribution < -0.4 is 5.32 Å². The second kappa shape index (κ2) is 3.31. The van der Waals surface area contributed by atoms with Crippen molar-refractivity contribution in [2.24, 2.45) is 0 Å². The van der Waals surface area contributed by atoms with E-state index in [4.69, 9.17) is 0 Å². The lowest BCUT2D eigenvalue weighted by Gasteiger charge is -1.95. The topological polar surface area (TPSA) is 27.8 Å². The fourth-order valence-electron chi connectivity index (χ4n) is 1.81. The van der Waals surface area contributed by atoms with Crippen molar-refractivity contribution < 1.29 is 0 Å². The van der Waals surface area contributed by atoms with E-state index in [9.17, 15) is 0 Å². The van der Waals surface area contributed by atoms with Gasteiger partial charge >= 0.3 is 0 Å². The summed E-state index contributed by atoms with van der Waals surface area (Å²) in [6.45, 7) is 4.45. The zero-order chi connectivity index (χ0) is 8.39. The Morgan fingerprint density at radius 1 is 1.33 bits per heavy atom. The van der Waals surface area contributed by atoms with E-state index in [1.54, 1.807) is 0 Å². The Morgan fingerprint density at radius 3 is 3.00 bits per heavy atom. The molecule has 2 heteroatoms. The molecule has 0 aromatic carbocycles. The lowest BCUT2D eigenvalue weighted by molar-refractivity contribution is 0.705. The highest BCUT2D eigenvalue weighted by molar-refractivity contribution is 5.27. The zero-order valence-corrected chi connectivity index (χ0v) is 7.61. The summed E-state index contributed by atoms with van der Waals surface area (Å²) in [4.78, 5) is 3.48. The fourth-order valence-corrected chi connectivity index (χ4v) is 1.81. The summed E-state index contributed by atoms with van der Waals surface area (Å²) in [5.74, 6) is 0. The van der Waals surface area contributed by atoms with Gasteiger partial charge in [-0.25, -0.2) is 0 Å². The summed E-state index contributed by atoms with van der Waals surface area (Å²) < 4.78 is 0. The monoisotopic (exact) mass is 164 g/mol. The number of H-pyrrole nitrogens is 1. The zero-order valence-electron chi connectivity index (χ0n) is 7.61. The molecule has 66 valence electrons. The van der Waals surface area contributed by atoms with E-state index in [1.165, 1.54) is 23.4 Å². The first-order chi connectivity index (χ1) is 5.90. The van der Waals surface area contributed by atoms with Crippen LogP contribution in [0.4, 0.5) is 0 Å². The molecule has 0 aliphatic carbocycles. The highest BCUT2D eigenvalue weighted by Gasteiger charge is 2.09. The molecule has 1 aromatic rings. The number of aromatic amines is 1. The van der Waals surface area contributed by atoms with Gasteiger partial charge < -0.3 is 10.3 Å². The maximum absolute atomic E-state index is 3.48. The average Bonchev–Trinajstić information content (AvgIpc) is 2.37. The molecule has 0 bridgehead atoms. The van der Waals surface area contributed by atoms with Gasteiger partial charge in [0.15, 0.2) is 0 Å². The van der Waals surface area contributed by atoms with Gasteiger partial charge in [0.1, 0.15) is 0 Å². The number of fused-ring (bicyclic) bond motifs is 1. The van der Waals surface area contributed by atoms with E-state index in [2.05, 4.69) is 23.3 Å². The minimum absolute atomic E-state index is 1.12. The van der Waals surface area contributed by atoms with Crippen molar-refractivity contribution in [2.75, 3.05) is 13.1 Å². The second-order valence-electron chi connectivity index (χ2n) is 3.40. The molecule has 0 unspecified atom stereocenters. The smallest absolute Gasteiger partial charge is 0.0195 e. The van der Waals surface area contributed by atoms with Crippen LogP contribution in [0.25, 0.3) is 0 Å². The number of nitrogens with one attached hydrogen (secondary N) is 2. The normalized spacial score (nSPS) is 17.1. The van der Waals surface area contributed by atoms with Crippen LogP contribution in [0.15, 0.2) is 6.07 Å². The summed E-state index contributed by atoms with van der Waals surface area (Å²) >= 11 is 0. The average molecular weight is 164 g/mol. The van der Waals surface area contributed by atoms with E-state index >= 15 is 0 Å². The van der Waals surface area contributed by atoms with Gasteiger partial charge in [-0.1, -0.05) is 6.92 Å². The maximum atomic E-state index is 3.48. The Morgan fingerprint density at radius 2 is 2.17 bits per heavy atom. The molecule has 0 spiro atoms. The van der Waals surface area contributed by atoms with Crippen molar-refractivity contribution in [3.8, 4) is 0 Å². The Bertz CT molecular complexity index is 239. The molecule has 0 saturated carbocycles. The third kappa shape index (κ3) is 1.39. The van der Waals surface area contributed by atoms with Crippen LogP contribution in [0.3, 0.4) is 0 Å². The quantitative estimate of drug-likeness (QED) is 0.642. The Kier molecular flexibility index (Phi) is 2.17. The molecule has 1 aliphatic heterocycles. The largest absolute Gasteiger partial charge is 0.362 e. The Labute approximate surface area is 73.4 Å². The predicted octanol–water partition coefficient (Wildman–Crippen LogP) is 1.27. The van der Waals surface area contributed by atoms with Gasteiger partial charge in [0, 0.05) is 24.4 Å². The maximum Gasteiger partial charge on any atom is 0.0195 e. The summed E-state index contributed by atoms with van der Waals surface area (Å²) in [6, 6.07) is 2.32. The van der Waals surface area contributed by atoms with Crippen LogP contribution in [-0.4, -0.2) is 18.1 Å². The summed E-state index contributed by atoms with van der Waals surface area (Å²) in [7, 11) is 0. The van der Waals surface area contributed by atoms with E-state index in [-0.39, 0.29) is 0 Å². The van der Waals surface area contributed by atoms with Crippen molar-refractivity contribution in [3.63, 3.8) is 0 Å². The predicted molar refractivity (Wildman–Crippen MR) is 50.4 cm³/mol. The van der Waals surface area contributed by atoms with E-state index in [0.717, 1.165) is 25.9 Å². The molecule has 1 aromatic heterocycles. The van der Waals surface area contributed by atoms with Gasteiger partial charge in [-0.05, 0) is 31.0 Å². The third-order valence-electron chi connectivity index (χ3n) is 2.55. The van der Waals surface area contributed by atoms with Gasteiger partial charge in [0.2, 0.25) is 0 Å². The highest BCUT2D eigenvalue weighted by Crippen LogP contribution is 2.14. The van der Waals surface area contributed by atoms with Crippen molar-refractivity contribution in [2.45, 2.75) is 26.2 Å². The van der Waals surface area contributed by atoms with Crippen molar-refractivity contribution >= 4 is 0 Å². The minimum atomic E-state index is 1.12. The minimum Gasteiger partial charge on any atom is -0.362 e. The second-order valence-corrected chi connectivity index (χ2v) is 3.40. The molecule has 2 N–H and O–H groups in total. The van der Waals surface area contributed by atoms with Crippen LogP contribution in [0.1, 0.15) is 23.9 Å². The molecule has 2 rings (SSSR count). The van der Waals surface area contributed by atoms with Crippen molar-refractivity contribution in [1.29, 1.82) is 0 Å². The fraction of sp³-hybridized carbons (Fsp3) is 0.600. The lowest BCUT2D eigenvalue weighted by atomic mass is 10.1. The molecule has 0 amide bonds. The molecule has 2 heterocycles. The van der Waals surface area contributed by atoms with Gasteiger partial charge in [-0.3, -0.25) is 0 Å². The summed E-state index contributed by atoms with van der Waals surface area (Å²) in [6.07, 6.45) is 3.47. The van der Waals surface area contributed by atoms with Crippen LogP contribution in [-0.2, 0) is 19.3 Å². The lowest BCUT2D eigenvalue weighted by Crippen LogP contribution is -2.16. The molecule has 0 atom stereocenters. The Balaban J connectivity index is 2.26. The first-order valence-electron chi connectivity index (χ1n) is 4.80. The van der Waals surface area contributed by atoms with Gasteiger partial charge in [-0.2, -0.15) is 0 Å². The SMILES string of the molecule is CCc1cc2c([nH]1)CCNCC2. The van der Waals surface area contributed by atoms with Crippen LogP contribution in [0.2, 0.25) is 0 Å². The van der Waals surface area contributed by atoms with E-state index in [0.29, 0.717) is 0 Å². The van der Waals surface area contributed by atoms with Gasteiger partial charge in [0.25, 0.3) is 0 Å². The highest BCUT2D eigenvalue weighted by atomic mass is 14.9. The first-order valence-corrected chi connectivity index (χ1v) is 4.80. The van der Waals surface area contributed by atoms with Crippen LogP contribution in [0, 0.1) is 0 Å². The molecule has 0 saturated heterocycles. The van der Waals surface area contributed by atoms with Gasteiger partial charge in [0.05, 0.1) is 0 Å². The molecule has 12 heavy (non-hydrogen) atoms. The van der Waals surface area contributed by atoms with Crippen LogP contribution in [0.5, 0.6) is 0 Å².